The maximum absolute atomic E-state index is 13.6. The van der Waals surface area contributed by atoms with Crippen LogP contribution >= 0.6 is 11.8 Å². The highest BCUT2D eigenvalue weighted by Gasteiger charge is 2.21. The zero-order chi connectivity index (χ0) is 21.5. The van der Waals surface area contributed by atoms with Crippen LogP contribution in [0.1, 0.15) is 17.5 Å². The van der Waals surface area contributed by atoms with Gasteiger partial charge in [-0.05, 0) is 60.1 Å². The lowest BCUT2D eigenvalue weighted by Crippen LogP contribution is -2.26. The minimum absolute atomic E-state index is 0.197. The minimum atomic E-state index is -1.42. The van der Waals surface area contributed by atoms with Crippen molar-refractivity contribution in [3.05, 3.63) is 94.0 Å². The van der Waals surface area contributed by atoms with Crippen LogP contribution in [0.4, 0.5) is 18.0 Å². The molecule has 0 saturated carbocycles. The van der Waals surface area contributed by atoms with Crippen LogP contribution in [0.5, 0.6) is 0 Å². The number of allylic oxidation sites excluding steroid dienone is 1. The van der Waals surface area contributed by atoms with Gasteiger partial charge >= 0.3 is 6.16 Å². The zero-order valence-corrected chi connectivity index (χ0v) is 16.8. The number of carboxylic acid groups (broad SMARTS) is 1. The smallest absolute Gasteiger partial charge is 0.449 e. The Morgan fingerprint density at radius 2 is 1.80 bits per heavy atom. The van der Waals surface area contributed by atoms with Crippen LogP contribution in [0, 0.1) is 17.5 Å². The molecule has 0 bridgehead atoms. The Morgan fingerprint density at radius 1 is 1.07 bits per heavy atom. The maximum atomic E-state index is 13.6. The summed E-state index contributed by atoms with van der Waals surface area (Å²) in [5.41, 5.74) is 1.57. The van der Waals surface area contributed by atoms with Crippen LogP contribution in [0.2, 0.25) is 0 Å². The first-order chi connectivity index (χ1) is 14.4. The number of benzene rings is 2. The Morgan fingerprint density at radius 3 is 2.50 bits per heavy atom. The van der Waals surface area contributed by atoms with Gasteiger partial charge < -0.3 is 14.7 Å². The molecule has 4 nitrogen and oxygen atoms in total. The van der Waals surface area contributed by atoms with Gasteiger partial charge in [-0.25, -0.2) is 18.0 Å². The van der Waals surface area contributed by atoms with E-state index in [9.17, 15) is 18.0 Å². The molecule has 0 fully saturated rings. The third kappa shape index (κ3) is 6.06. The summed E-state index contributed by atoms with van der Waals surface area (Å²) in [6.07, 6.45) is 3.45. The van der Waals surface area contributed by atoms with Crippen LogP contribution in [-0.2, 0) is 17.7 Å². The summed E-state index contributed by atoms with van der Waals surface area (Å²) in [6.45, 7) is 0.750. The molecule has 1 aliphatic rings. The number of halogens is 3. The second-order valence-corrected chi connectivity index (χ2v) is 7.73. The molecule has 8 heteroatoms. The Kier molecular flexibility index (Phi) is 7.46. The number of hydrogen-bond donors (Lipinski definition) is 1. The lowest BCUT2D eigenvalue weighted by molar-refractivity contribution is 0.119. The molecule has 1 heterocycles. The third-order valence-electron chi connectivity index (χ3n) is 4.41. The summed E-state index contributed by atoms with van der Waals surface area (Å²) >= 11 is 1.43. The molecule has 30 heavy (non-hydrogen) atoms. The second kappa shape index (κ2) is 10.2. The highest BCUT2D eigenvalue weighted by atomic mass is 32.2. The van der Waals surface area contributed by atoms with Crippen molar-refractivity contribution >= 4 is 17.9 Å². The molecule has 0 spiro atoms. The van der Waals surface area contributed by atoms with Crippen molar-refractivity contribution in [1.82, 2.24) is 4.90 Å². The van der Waals surface area contributed by atoms with Crippen LogP contribution in [-0.4, -0.2) is 28.5 Å². The number of hydrogen-bond acceptors (Lipinski definition) is 4. The van der Waals surface area contributed by atoms with E-state index in [1.165, 1.54) is 30.0 Å². The first-order valence-corrected chi connectivity index (χ1v) is 10.3. The quantitative estimate of drug-likeness (QED) is 0.425. The molecule has 1 aliphatic heterocycles. The van der Waals surface area contributed by atoms with Crippen molar-refractivity contribution < 1.29 is 27.8 Å². The van der Waals surface area contributed by atoms with Gasteiger partial charge in [0.25, 0.3) is 0 Å². The number of aryl methyl sites for hydroxylation is 1. The van der Waals surface area contributed by atoms with Crippen molar-refractivity contribution in [2.45, 2.75) is 19.4 Å². The van der Waals surface area contributed by atoms with Crippen molar-refractivity contribution in [1.29, 1.82) is 0 Å². The first-order valence-electron chi connectivity index (χ1n) is 9.30. The Labute approximate surface area is 176 Å². The van der Waals surface area contributed by atoms with Gasteiger partial charge in [-0.3, -0.25) is 0 Å². The number of thioether (sulfide) groups is 1. The number of rotatable bonds is 8. The Bertz CT molecular complexity index is 961. The molecule has 1 N–H and O–H groups in total. The van der Waals surface area contributed by atoms with E-state index in [0.29, 0.717) is 22.9 Å². The van der Waals surface area contributed by atoms with Crippen LogP contribution < -0.4 is 0 Å². The summed E-state index contributed by atoms with van der Waals surface area (Å²) < 4.78 is 44.7. The van der Waals surface area contributed by atoms with E-state index in [1.807, 2.05) is 4.90 Å². The fourth-order valence-electron chi connectivity index (χ4n) is 3.02. The monoisotopic (exact) mass is 435 g/mol. The van der Waals surface area contributed by atoms with E-state index < -0.39 is 17.8 Å². The van der Waals surface area contributed by atoms with E-state index in [0.717, 1.165) is 30.5 Å². The molecule has 0 aliphatic carbocycles. The standard InChI is InChI=1S/C22H20F3NO3S/c23-17-8-5-15(6-9-17)3-2-12-30-21-20(29-22(27)28)4-1-11-26(21)14-16-7-10-18(24)19(25)13-16/h1,4-10,13H,2-3,11-12,14H2,(H,27,28). The molecule has 0 aromatic heterocycles. The van der Waals surface area contributed by atoms with Gasteiger partial charge in [0.15, 0.2) is 17.4 Å². The van der Waals surface area contributed by atoms with Gasteiger partial charge in [-0.1, -0.05) is 24.3 Å². The number of carbonyl (C=O) groups is 1. The van der Waals surface area contributed by atoms with Gasteiger partial charge in [0.2, 0.25) is 0 Å². The zero-order valence-electron chi connectivity index (χ0n) is 16.0. The van der Waals surface area contributed by atoms with E-state index in [4.69, 9.17) is 9.84 Å². The molecule has 0 amide bonds. The predicted octanol–water partition coefficient (Wildman–Crippen LogP) is 5.71. The normalized spacial score (nSPS) is 13.6. The minimum Gasteiger partial charge on any atom is -0.449 e. The molecule has 2 aromatic rings. The molecule has 2 aromatic carbocycles. The molecule has 3 rings (SSSR count). The highest BCUT2D eigenvalue weighted by Crippen LogP contribution is 2.31. The van der Waals surface area contributed by atoms with Crippen LogP contribution in [0.25, 0.3) is 0 Å². The fraction of sp³-hybridized carbons (Fsp3) is 0.227. The van der Waals surface area contributed by atoms with Gasteiger partial charge in [0.05, 0.1) is 0 Å². The lowest BCUT2D eigenvalue weighted by atomic mass is 10.1. The van der Waals surface area contributed by atoms with Crippen molar-refractivity contribution in [3.8, 4) is 0 Å². The predicted molar refractivity (Wildman–Crippen MR) is 109 cm³/mol. The van der Waals surface area contributed by atoms with Crippen LogP contribution in [0.15, 0.2) is 65.4 Å². The molecule has 0 unspecified atom stereocenters. The van der Waals surface area contributed by atoms with E-state index in [-0.39, 0.29) is 18.1 Å². The maximum Gasteiger partial charge on any atom is 0.511 e. The summed E-state index contributed by atoms with van der Waals surface area (Å²) in [5, 5.41) is 9.64. The van der Waals surface area contributed by atoms with E-state index in [1.54, 1.807) is 24.3 Å². The molecule has 0 atom stereocenters. The Balaban J connectivity index is 1.69. The molecule has 158 valence electrons. The van der Waals surface area contributed by atoms with Crippen molar-refractivity contribution in [2.75, 3.05) is 12.3 Å². The van der Waals surface area contributed by atoms with Crippen molar-refractivity contribution in [2.24, 2.45) is 0 Å². The highest BCUT2D eigenvalue weighted by molar-refractivity contribution is 8.03. The van der Waals surface area contributed by atoms with E-state index in [2.05, 4.69) is 0 Å². The van der Waals surface area contributed by atoms with Gasteiger partial charge in [-0.15, -0.1) is 11.8 Å². The third-order valence-corrected chi connectivity index (χ3v) is 5.64. The summed E-state index contributed by atoms with van der Waals surface area (Å²) in [6, 6.07) is 9.98. The summed E-state index contributed by atoms with van der Waals surface area (Å²) in [7, 11) is 0. The average Bonchev–Trinajstić information content (AvgIpc) is 2.70. The lowest BCUT2D eigenvalue weighted by Gasteiger charge is -2.29. The van der Waals surface area contributed by atoms with Gasteiger partial charge in [0, 0.05) is 13.1 Å². The second-order valence-electron chi connectivity index (χ2n) is 6.65. The SMILES string of the molecule is O=C(O)OC1=C(SCCCc2ccc(F)cc2)N(Cc2ccc(F)c(F)c2)CC=C1. The summed E-state index contributed by atoms with van der Waals surface area (Å²) in [4.78, 5) is 12.9. The van der Waals surface area contributed by atoms with Crippen LogP contribution in [0.3, 0.4) is 0 Å². The van der Waals surface area contributed by atoms with Gasteiger partial charge in [0.1, 0.15) is 10.8 Å². The summed E-state index contributed by atoms with van der Waals surface area (Å²) in [5.74, 6) is -1.27. The van der Waals surface area contributed by atoms with Gasteiger partial charge in [-0.2, -0.15) is 0 Å². The number of nitrogens with zero attached hydrogens (tertiary/aromatic N) is 1. The Hall–Kier alpha value is -2.87. The first kappa shape index (κ1) is 21.8. The molecule has 0 saturated heterocycles. The number of ether oxygens (including phenoxy) is 1. The van der Waals surface area contributed by atoms with Crippen molar-refractivity contribution in [3.63, 3.8) is 0 Å². The average molecular weight is 435 g/mol. The molecule has 0 radical (unpaired) electrons. The molecular weight excluding hydrogens is 415 g/mol. The van der Waals surface area contributed by atoms with E-state index >= 15 is 0 Å². The molecular formula is C22H20F3NO3S. The largest absolute Gasteiger partial charge is 0.511 e. The fourth-order valence-corrected chi connectivity index (χ4v) is 4.08. The topological polar surface area (TPSA) is 49.8 Å².